The molecule has 3 rings (SSSR count). The first kappa shape index (κ1) is 11.5. The van der Waals surface area contributed by atoms with Gasteiger partial charge in [0.15, 0.2) is 11.7 Å². The number of aromatic amines is 1. The second-order valence-electron chi connectivity index (χ2n) is 4.24. The molecule has 1 aromatic carbocycles. The summed E-state index contributed by atoms with van der Waals surface area (Å²) in [6.45, 7) is 1.85. The lowest BCUT2D eigenvalue weighted by Crippen LogP contribution is -1.85. The van der Waals surface area contributed by atoms with Crippen LogP contribution in [0, 0.1) is 12.7 Å². The first-order valence-electron chi connectivity index (χ1n) is 5.82. The van der Waals surface area contributed by atoms with Gasteiger partial charge < -0.3 is 15.1 Å². The zero-order chi connectivity index (χ0) is 13.4. The van der Waals surface area contributed by atoms with Crippen molar-refractivity contribution >= 4 is 5.95 Å². The molecule has 0 aliphatic carbocycles. The summed E-state index contributed by atoms with van der Waals surface area (Å²) >= 11 is 0. The second-order valence-corrected chi connectivity index (χ2v) is 4.24. The van der Waals surface area contributed by atoms with Crippen molar-refractivity contribution in [3.8, 4) is 22.8 Å². The normalized spacial score (nSPS) is 10.8. The van der Waals surface area contributed by atoms with Crippen LogP contribution in [-0.2, 0) is 0 Å². The van der Waals surface area contributed by atoms with E-state index < -0.39 is 0 Å². The van der Waals surface area contributed by atoms with Crippen LogP contribution in [0.15, 0.2) is 40.8 Å². The van der Waals surface area contributed by atoms with Crippen LogP contribution in [0.2, 0.25) is 0 Å². The minimum absolute atomic E-state index is 0.318. The maximum atomic E-state index is 13.7. The largest absolute Gasteiger partial charge is 0.454 e. The highest BCUT2D eigenvalue weighted by Gasteiger charge is 2.14. The van der Waals surface area contributed by atoms with Gasteiger partial charge in [0.05, 0.1) is 5.56 Å². The van der Waals surface area contributed by atoms with E-state index in [0.717, 1.165) is 5.69 Å². The number of nitrogens with zero attached hydrogens (tertiary/aromatic N) is 1. The average molecular weight is 257 g/mol. The van der Waals surface area contributed by atoms with Crippen molar-refractivity contribution in [1.82, 2.24) is 9.97 Å². The molecule has 0 aliphatic heterocycles. The van der Waals surface area contributed by atoms with Gasteiger partial charge in [-0.2, -0.15) is 0 Å². The fourth-order valence-corrected chi connectivity index (χ4v) is 1.99. The topological polar surface area (TPSA) is 67.8 Å². The van der Waals surface area contributed by atoms with Gasteiger partial charge in [-0.3, -0.25) is 0 Å². The SMILES string of the molecule is Cc1[nH]c(N)nc1-c1ccc(-c2ccccc2F)o1. The van der Waals surface area contributed by atoms with E-state index in [1.807, 2.05) is 6.92 Å². The van der Waals surface area contributed by atoms with Crippen molar-refractivity contribution in [2.75, 3.05) is 5.73 Å². The molecule has 19 heavy (non-hydrogen) atoms. The third-order valence-corrected chi connectivity index (χ3v) is 2.88. The first-order valence-corrected chi connectivity index (χ1v) is 5.82. The van der Waals surface area contributed by atoms with Gasteiger partial charge in [-0.15, -0.1) is 0 Å². The fraction of sp³-hybridized carbons (Fsp3) is 0.0714. The van der Waals surface area contributed by atoms with Gasteiger partial charge in [-0.1, -0.05) is 12.1 Å². The van der Waals surface area contributed by atoms with E-state index in [2.05, 4.69) is 9.97 Å². The molecule has 96 valence electrons. The number of aryl methyl sites for hydroxylation is 1. The number of nitrogen functional groups attached to an aromatic ring is 1. The van der Waals surface area contributed by atoms with Gasteiger partial charge >= 0.3 is 0 Å². The molecule has 0 bridgehead atoms. The van der Waals surface area contributed by atoms with Crippen LogP contribution < -0.4 is 5.73 Å². The summed E-state index contributed by atoms with van der Waals surface area (Å²) in [6.07, 6.45) is 0. The Morgan fingerprint density at radius 1 is 1.16 bits per heavy atom. The number of rotatable bonds is 2. The lowest BCUT2D eigenvalue weighted by Gasteiger charge is -1.98. The quantitative estimate of drug-likeness (QED) is 0.739. The predicted octanol–water partition coefficient (Wildman–Crippen LogP) is 3.37. The minimum Gasteiger partial charge on any atom is -0.454 e. The Morgan fingerprint density at radius 3 is 2.58 bits per heavy atom. The maximum absolute atomic E-state index is 13.7. The van der Waals surface area contributed by atoms with Gasteiger partial charge in [0, 0.05) is 5.69 Å². The second kappa shape index (κ2) is 4.28. The van der Waals surface area contributed by atoms with E-state index in [1.54, 1.807) is 30.3 Å². The monoisotopic (exact) mass is 257 g/mol. The number of hydrogen-bond donors (Lipinski definition) is 2. The van der Waals surface area contributed by atoms with Crippen molar-refractivity contribution in [3.63, 3.8) is 0 Å². The molecule has 0 spiro atoms. The Labute approximate surface area is 109 Å². The summed E-state index contributed by atoms with van der Waals surface area (Å²) in [7, 11) is 0. The molecule has 5 heteroatoms. The van der Waals surface area contributed by atoms with Crippen LogP contribution in [0.4, 0.5) is 10.3 Å². The van der Waals surface area contributed by atoms with Crippen LogP contribution in [0.25, 0.3) is 22.8 Å². The summed E-state index contributed by atoms with van der Waals surface area (Å²) in [5.41, 5.74) is 7.47. The van der Waals surface area contributed by atoms with Gasteiger partial charge in [-0.05, 0) is 31.2 Å². The number of furan rings is 1. The van der Waals surface area contributed by atoms with E-state index >= 15 is 0 Å². The van der Waals surface area contributed by atoms with Gasteiger partial charge in [-0.25, -0.2) is 9.37 Å². The number of imidazole rings is 1. The standard InChI is InChI=1S/C14H12FN3O/c1-8-13(18-14(16)17-8)12-7-6-11(19-12)9-4-2-3-5-10(9)15/h2-7H,1H3,(H3,16,17,18). The van der Waals surface area contributed by atoms with Gasteiger partial charge in [0.25, 0.3) is 0 Å². The summed E-state index contributed by atoms with van der Waals surface area (Å²) in [4.78, 5) is 7.04. The smallest absolute Gasteiger partial charge is 0.198 e. The third kappa shape index (κ3) is 1.99. The van der Waals surface area contributed by atoms with E-state index in [9.17, 15) is 4.39 Å². The average Bonchev–Trinajstić information content (AvgIpc) is 2.96. The molecule has 3 aromatic rings. The number of anilines is 1. The number of halogens is 1. The van der Waals surface area contributed by atoms with Gasteiger partial charge in [0.2, 0.25) is 0 Å². The Kier molecular flexibility index (Phi) is 2.59. The Bertz CT molecular complexity index is 730. The zero-order valence-electron chi connectivity index (χ0n) is 10.3. The molecular formula is C14H12FN3O. The number of benzene rings is 1. The van der Waals surface area contributed by atoms with Gasteiger partial charge in [0.1, 0.15) is 17.3 Å². The van der Waals surface area contributed by atoms with Crippen molar-refractivity contribution in [2.45, 2.75) is 6.92 Å². The Morgan fingerprint density at radius 2 is 1.89 bits per heavy atom. The third-order valence-electron chi connectivity index (χ3n) is 2.88. The van der Waals surface area contributed by atoms with Crippen LogP contribution in [-0.4, -0.2) is 9.97 Å². The molecule has 0 saturated heterocycles. The maximum Gasteiger partial charge on any atom is 0.198 e. The van der Waals surface area contributed by atoms with E-state index in [4.69, 9.17) is 10.2 Å². The van der Waals surface area contributed by atoms with Crippen LogP contribution in [0.3, 0.4) is 0 Å². The van der Waals surface area contributed by atoms with E-state index in [1.165, 1.54) is 6.07 Å². The van der Waals surface area contributed by atoms with Crippen LogP contribution >= 0.6 is 0 Å². The Balaban J connectivity index is 2.05. The van der Waals surface area contributed by atoms with Crippen molar-refractivity contribution in [2.24, 2.45) is 0 Å². The molecule has 0 fully saturated rings. The molecule has 4 nitrogen and oxygen atoms in total. The van der Waals surface area contributed by atoms with Crippen LogP contribution in [0.5, 0.6) is 0 Å². The summed E-state index contributed by atoms with van der Waals surface area (Å²) in [5.74, 6) is 1.04. The summed E-state index contributed by atoms with van der Waals surface area (Å²) in [5, 5.41) is 0. The molecule has 2 heterocycles. The molecule has 0 aliphatic rings. The van der Waals surface area contributed by atoms with Crippen LogP contribution in [0.1, 0.15) is 5.69 Å². The fourth-order valence-electron chi connectivity index (χ4n) is 1.99. The van der Waals surface area contributed by atoms with Crippen molar-refractivity contribution < 1.29 is 8.81 Å². The van der Waals surface area contributed by atoms with E-state index in [0.29, 0.717) is 28.7 Å². The molecular weight excluding hydrogens is 245 g/mol. The number of aromatic nitrogens is 2. The molecule has 0 saturated carbocycles. The predicted molar refractivity (Wildman–Crippen MR) is 70.8 cm³/mol. The highest BCUT2D eigenvalue weighted by Crippen LogP contribution is 2.30. The summed E-state index contributed by atoms with van der Waals surface area (Å²) in [6, 6.07) is 9.95. The number of nitrogens with two attached hydrogens (primary N) is 1. The molecule has 3 N–H and O–H groups in total. The number of hydrogen-bond acceptors (Lipinski definition) is 3. The number of nitrogens with one attached hydrogen (secondary N) is 1. The highest BCUT2D eigenvalue weighted by atomic mass is 19.1. The molecule has 0 atom stereocenters. The molecule has 0 radical (unpaired) electrons. The highest BCUT2D eigenvalue weighted by molar-refractivity contribution is 5.65. The van der Waals surface area contributed by atoms with Crippen molar-refractivity contribution in [3.05, 3.63) is 47.9 Å². The first-order chi connectivity index (χ1) is 9.15. The summed E-state index contributed by atoms with van der Waals surface area (Å²) < 4.78 is 19.3. The Hall–Kier alpha value is -2.56. The van der Waals surface area contributed by atoms with Crippen molar-refractivity contribution in [1.29, 1.82) is 0 Å². The minimum atomic E-state index is -0.318. The molecule has 0 amide bonds. The zero-order valence-corrected chi connectivity index (χ0v) is 10.3. The molecule has 0 unspecified atom stereocenters. The lowest BCUT2D eigenvalue weighted by atomic mass is 10.1. The van der Waals surface area contributed by atoms with E-state index in [-0.39, 0.29) is 5.82 Å². The number of H-pyrrole nitrogens is 1. The molecule has 2 aromatic heterocycles. The lowest BCUT2D eigenvalue weighted by molar-refractivity contribution is 0.579.